The molecule has 0 saturated heterocycles. The van der Waals surface area contributed by atoms with Gasteiger partial charge in [-0.1, -0.05) is 24.3 Å². The van der Waals surface area contributed by atoms with Crippen molar-refractivity contribution >= 4 is 10.9 Å². The van der Waals surface area contributed by atoms with Crippen molar-refractivity contribution in [2.75, 3.05) is 0 Å². The van der Waals surface area contributed by atoms with Crippen molar-refractivity contribution in [1.29, 1.82) is 0 Å². The highest BCUT2D eigenvalue weighted by Crippen LogP contribution is 2.15. The molecule has 2 heterocycles. The van der Waals surface area contributed by atoms with Gasteiger partial charge in [-0.2, -0.15) is 0 Å². The van der Waals surface area contributed by atoms with Crippen LogP contribution < -0.4 is 5.32 Å². The van der Waals surface area contributed by atoms with E-state index in [0.29, 0.717) is 0 Å². The summed E-state index contributed by atoms with van der Waals surface area (Å²) in [5, 5.41) is 4.65. The Morgan fingerprint density at radius 2 is 1.84 bits per heavy atom. The van der Waals surface area contributed by atoms with Gasteiger partial charge in [-0.25, -0.2) is 0 Å². The highest BCUT2D eigenvalue weighted by molar-refractivity contribution is 5.81. The Bertz CT molecular complexity index is 660. The van der Waals surface area contributed by atoms with Crippen LogP contribution in [0.3, 0.4) is 0 Å². The Balaban J connectivity index is 1.72. The molecule has 1 aromatic carbocycles. The van der Waals surface area contributed by atoms with Crippen LogP contribution in [0.5, 0.6) is 0 Å². The summed E-state index contributed by atoms with van der Waals surface area (Å²) in [6.07, 6.45) is 5.54. The number of aromatic nitrogens is 2. The first kappa shape index (κ1) is 11.8. The van der Waals surface area contributed by atoms with E-state index >= 15 is 0 Å². The number of nitrogens with one attached hydrogen (secondary N) is 1. The Morgan fingerprint density at radius 1 is 0.895 bits per heavy atom. The van der Waals surface area contributed by atoms with Crippen LogP contribution in [0, 0.1) is 0 Å². The number of rotatable bonds is 4. The van der Waals surface area contributed by atoms with E-state index in [1.807, 2.05) is 30.6 Å². The van der Waals surface area contributed by atoms with Crippen molar-refractivity contribution in [2.24, 2.45) is 0 Å². The summed E-state index contributed by atoms with van der Waals surface area (Å²) in [6, 6.07) is 14.3. The number of benzene rings is 1. The molecule has 0 aliphatic rings. The third-order valence-electron chi connectivity index (χ3n) is 3.11. The Morgan fingerprint density at radius 3 is 2.74 bits per heavy atom. The van der Waals surface area contributed by atoms with E-state index < -0.39 is 0 Å². The number of hydrogen-bond acceptors (Lipinski definition) is 3. The zero-order valence-electron chi connectivity index (χ0n) is 10.6. The molecule has 3 heteroatoms. The molecule has 0 fully saturated rings. The first-order chi connectivity index (χ1) is 9.43. The second kappa shape index (κ2) is 5.59. The largest absolute Gasteiger partial charge is 0.309 e. The summed E-state index contributed by atoms with van der Waals surface area (Å²) >= 11 is 0. The average molecular weight is 249 g/mol. The quantitative estimate of drug-likeness (QED) is 0.772. The standard InChI is InChI=1S/C16H15N3/c1-2-6-16-15(5-1)14(7-9-19-16)12-18-11-13-4-3-8-17-10-13/h1-10,18H,11-12H2. The molecule has 3 rings (SSSR count). The van der Waals surface area contributed by atoms with Gasteiger partial charge in [0.1, 0.15) is 0 Å². The van der Waals surface area contributed by atoms with Gasteiger partial charge in [-0.15, -0.1) is 0 Å². The van der Waals surface area contributed by atoms with Gasteiger partial charge in [-0.05, 0) is 29.3 Å². The molecule has 3 aromatic rings. The molecule has 3 nitrogen and oxygen atoms in total. The van der Waals surface area contributed by atoms with Crippen molar-refractivity contribution in [3.63, 3.8) is 0 Å². The minimum Gasteiger partial charge on any atom is -0.309 e. The van der Waals surface area contributed by atoms with Crippen molar-refractivity contribution in [1.82, 2.24) is 15.3 Å². The van der Waals surface area contributed by atoms with E-state index in [1.54, 1.807) is 6.20 Å². The van der Waals surface area contributed by atoms with Gasteiger partial charge < -0.3 is 5.32 Å². The van der Waals surface area contributed by atoms with Gasteiger partial charge in [0.15, 0.2) is 0 Å². The fourth-order valence-corrected chi connectivity index (χ4v) is 2.15. The minimum absolute atomic E-state index is 0.824. The molecule has 0 bridgehead atoms. The van der Waals surface area contributed by atoms with Crippen LogP contribution in [0.1, 0.15) is 11.1 Å². The highest BCUT2D eigenvalue weighted by atomic mass is 14.9. The predicted octanol–water partition coefficient (Wildman–Crippen LogP) is 2.92. The lowest BCUT2D eigenvalue weighted by atomic mass is 10.1. The van der Waals surface area contributed by atoms with Crippen molar-refractivity contribution in [3.05, 3.63) is 72.2 Å². The number of pyridine rings is 2. The molecule has 0 unspecified atom stereocenters. The van der Waals surface area contributed by atoms with Crippen LogP contribution >= 0.6 is 0 Å². The molecular weight excluding hydrogens is 234 g/mol. The van der Waals surface area contributed by atoms with Crippen LogP contribution in [0.15, 0.2) is 61.1 Å². The summed E-state index contributed by atoms with van der Waals surface area (Å²) < 4.78 is 0. The Hall–Kier alpha value is -2.26. The van der Waals surface area contributed by atoms with E-state index in [4.69, 9.17) is 0 Å². The third kappa shape index (κ3) is 2.77. The summed E-state index contributed by atoms with van der Waals surface area (Å²) in [5.41, 5.74) is 3.51. The van der Waals surface area contributed by atoms with Crippen molar-refractivity contribution in [3.8, 4) is 0 Å². The smallest absolute Gasteiger partial charge is 0.0705 e. The predicted molar refractivity (Wildman–Crippen MR) is 76.5 cm³/mol. The first-order valence-corrected chi connectivity index (χ1v) is 6.36. The Kier molecular flexibility index (Phi) is 3.47. The molecule has 2 aromatic heterocycles. The van der Waals surface area contributed by atoms with Crippen LogP contribution in [0.2, 0.25) is 0 Å². The summed E-state index contributed by atoms with van der Waals surface area (Å²) in [5.74, 6) is 0. The molecule has 19 heavy (non-hydrogen) atoms. The van der Waals surface area contributed by atoms with Crippen LogP contribution in [-0.2, 0) is 13.1 Å². The molecule has 0 amide bonds. The monoisotopic (exact) mass is 249 g/mol. The lowest BCUT2D eigenvalue weighted by Gasteiger charge is -2.07. The normalized spacial score (nSPS) is 10.7. The summed E-state index contributed by atoms with van der Waals surface area (Å²) in [7, 11) is 0. The molecule has 0 atom stereocenters. The zero-order valence-corrected chi connectivity index (χ0v) is 10.6. The molecule has 94 valence electrons. The van der Waals surface area contributed by atoms with Crippen molar-refractivity contribution in [2.45, 2.75) is 13.1 Å². The van der Waals surface area contributed by atoms with E-state index in [1.165, 1.54) is 16.5 Å². The average Bonchev–Trinajstić information content (AvgIpc) is 2.49. The highest BCUT2D eigenvalue weighted by Gasteiger charge is 2.00. The molecule has 0 aliphatic heterocycles. The van der Waals surface area contributed by atoms with Gasteiger partial charge in [0.05, 0.1) is 5.52 Å². The number of nitrogens with zero attached hydrogens (tertiary/aromatic N) is 2. The van der Waals surface area contributed by atoms with Crippen molar-refractivity contribution < 1.29 is 0 Å². The summed E-state index contributed by atoms with van der Waals surface area (Å²) in [6.45, 7) is 1.66. The van der Waals surface area contributed by atoms with E-state index in [0.717, 1.165) is 18.6 Å². The maximum atomic E-state index is 4.37. The van der Waals surface area contributed by atoms with Gasteiger partial charge >= 0.3 is 0 Å². The fourth-order valence-electron chi connectivity index (χ4n) is 2.15. The van der Waals surface area contributed by atoms with E-state index in [2.05, 4.69) is 39.6 Å². The molecule has 0 spiro atoms. The maximum absolute atomic E-state index is 4.37. The number of hydrogen-bond donors (Lipinski definition) is 1. The molecule has 0 radical (unpaired) electrons. The Labute approximate surface area is 112 Å². The lowest BCUT2D eigenvalue weighted by molar-refractivity contribution is 0.694. The van der Waals surface area contributed by atoms with Crippen LogP contribution in [-0.4, -0.2) is 9.97 Å². The maximum Gasteiger partial charge on any atom is 0.0705 e. The van der Waals surface area contributed by atoms with Gasteiger partial charge in [0.25, 0.3) is 0 Å². The summed E-state index contributed by atoms with van der Waals surface area (Å²) in [4.78, 5) is 8.48. The molecule has 0 aliphatic carbocycles. The molecule has 1 N–H and O–H groups in total. The fraction of sp³-hybridized carbons (Fsp3) is 0.125. The first-order valence-electron chi connectivity index (χ1n) is 6.36. The minimum atomic E-state index is 0.824. The lowest BCUT2D eigenvalue weighted by Crippen LogP contribution is -2.13. The van der Waals surface area contributed by atoms with E-state index in [9.17, 15) is 0 Å². The second-order valence-corrected chi connectivity index (χ2v) is 4.45. The zero-order chi connectivity index (χ0) is 12.9. The molecule has 0 saturated carbocycles. The number of para-hydroxylation sites is 1. The third-order valence-corrected chi connectivity index (χ3v) is 3.11. The van der Waals surface area contributed by atoms with Crippen LogP contribution in [0.4, 0.5) is 0 Å². The van der Waals surface area contributed by atoms with Gasteiger partial charge in [0, 0.05) is 37.1 Å². The topological polar surface area (TPSA) is 37.8 Å². The van der Waals surface area contributed by atoms with Crippen LogP contribution in [0.25, 0.3) is 10.9 Å². The molecular formula is C16H15N3. The van der Waals surface area contributed by atoms with Gasteiger partial charge in [0.2, 0.25) is 0 Å². The van der Waals surface area contributed by atoms with Gasteiger partial charge in [-0.3, -0.25) is 9.97 Å². The number of fused-ring (bicyclic) bond motifs is 1. The SMILES string of the molecule is c1cncc(CNCc2ccnc3ccccc23)c1. The second-order valence-electron chi connectivity index (χ2n) is 4.45. The van der Waals surface area contributed by atoms with E-state index in [-0.39, 0.29) is 0 Å².